The average molecular weight is 197 g/mol. The molecule has 0 amide bonds. The molecule has 0 aromatic rings. The number of halogens is 2. The lowest BCUT2D eigenvalue weighted by molar-refractivity contribution is -0.138. The lowest BCUT2D eigenvalue weighted by atomic mass is 10.2. The summed E-state index contributed by atoms with van der Waals surface area (Å²) < 4.78 is 4.65. The molecule has 4 heteroatoms. The van der Waals surface area contributed by atoms with Gasteiger partial charge in [-0.15, -0.1) is 0 Å². The number of esters is 1. The van der Waals surface area contributed by atoms with E-state index in [1.165, 1.54) is 0 Å². The third-order valence-corrected chi connectivity index (χ3v) is 1.00. The van der Waals surface area contributed by atoms with E-state index in [1.54, 1.807) is 0 Å². The monoisotopic (exact) mass is 196 g/mol. The van der Waals surface area contributed by atoms with E-state index in [0.717, 1.165) is 6.08 Å². The van der Waals surface area contributed by atoms with Crippen molar-refractivity contribution in [3.8, 4) is 0 Å². The molecule has 0 radical (unpaired) electrons. The highest BCUT2D eigenvalue weighted by Gasteiger charge is 2.00. The fourth-order valence-corrected chi connectivity index (χ4v) is 0.558. The number of hydrogen-bond acceptors (Lipinski definition) is 2. The van der Waals surface area contributed by atoms with Crippen molar-refractivity contribution in [2.75, 3.05) is 6.61 Å². The Balaban J connectivity index is 3.63. The second-order valence-corrected chi connectivity index (χ2v) is 3.47. The van der Waals surface area contributed by atoms with E-state index < -0.39 is 5.97 Å². The Morgan fingerprint density at radius 2 is 2.09 bits per heavy atom. The maximum Gasteiger partial charge on any atom is 0.333 e. The molecule has 0 rings (SSSR count). The van der Waals surface area contributed by atoms with Gasteiger partial charge in [-0.3, -0.25) is 0 Å². The largest absolute Gasteiger partial charge is 0.462 e. The van der Waals surface area contributed by atoms with E-state index in [0.29, 0.717) is 12.5 Å². The number of ether oxygens (including phenoxy) is 1. The lowest BCUT2D eigenvalue weighted by Crippen LogP contribution is -2.07. The Morgan fingerprint density at radius 3 is 2.45 bits per heavy atom. The smallest absolute Gasteiger partial charge is 0.333 e. The summed E-state index contributed by atoms with van der Waals surface area (Å²) in [6.07, 6.45) is 1.03. The summed E-state index contributed by atoms with van der Waals surface area (Å²) >= 11 is 10.4. The first-order valence-electron chi connectivity index (χ1n) is 3.22. The fourth-order valence-electron chi connectivity index (χ4n) is 0.380. The Labute approximate surface area is 76.1 Å². The van der Waals surface area contributed by atoms with Crippen molar-refractivity contribution in [1.82, 2.24) is 0 Å². The van der Waals surface area contributed by atoms with Gasteiger partial charge in [0.25, 0.3) is 0 Å². The minimum Gasteiger partial charge on any atom is -0.462 e. The first kappa shape index (κ1) is 10.8. The Hall–Kier alpha value is -0.210. The van der Waals surface area contributed by atoms with Crippen molar-refractivity contribution < 1.29 is 9.53 Å². The zero-order valence-corrected chi connectivity index (χ0v) is 7.95. The molecule has 0 atom stereocenters. The minimum absolute atomic E-state index is 0.0845. The average Bonchev–Trinajstić information content (AvgIpc) is 1.82. The van der Waals surface area contributed by atoms with Gasteiger partial charge in [-0.2, -0.15) is 0 Å². The van der Waals surface area contributed by atoms with Crippen LogP contribution in [0.2, 0.25) is 0 Å². The van der Waals surface area contributed by atoms with Crippen LogP contribution in [0.4, 0.5) is 0 Å². The molecule has 11 heavy (non-hydrogen) atoms. The van der Waals surface area contributed by atoms with Crippen molar-refractivity contribution in [1.29, 1.82) is 0 Å². The number of hydrogen-bond donors (Lipinski definition) is 0. The van der Waals surface area contributed by atoms with Crippen LogP contribution < -0.4 is 0 Å². The molecule has 0 saturated heterocycles. The van der Waals surface area contributed by atoms with Gasteiger partial charge >= 0.3 is 5.97 Å². The second-order valence-electron chi connectivity index (χ2n) is 2.46. The summed E-state index contributed by atoms with van der Waals surface area (Å²) in [5.41, 5.74) is 0. The normalized spacial score (nSPS) is 9.55. The minimum atomic E-state index is -0.501. The maximum atomic E-state index is 10.7. The van der Waals surface area contributed by atoms with E-state index in [-0.39, 0.29) is 4.49 Å². The van der Waals surface area contributed by atoms with Crippen LogP contribution in [0, 0.1) is 5.92 Å². The first-order valence-corrected chi connectivity index (χ1v) is 3.97. The molecule has 0 unspecified atom stereocenters. The molecule has 2 nitrogen and oxygen atoms in total. The van der Waals surface area contributed by atoms with Gasteiger partial charge in [0.2, 0.25) is 0 Å². The molecule has 0 aromatic carbocycles. The van der Waals surface area contributed by atoms with Crippen LogP contribution in [0.1, 0.15) is 13.8 Å². The molecule has 0 bridgehead atoms. The highest BCUT2D eigenvalue weighted by atomic mass is 35.5. The number of rotatable bonds is 3. The molecule has 0 spiro atoms. The van der Waals surface area contributed by atoms with Crippen LogP contribution in [0.5, 0.6) is 0 Å². The number of carbonyl (C=O) groups is 1. The molecule has 0 fully saturated rings. The predicted octanol–water partition coefficient (Wildman–Crippen LogP) is 2.50. The van der Waals surface area contributed by atoms with Crippen molar-refractivity contribution in [3.05, 3.63) is 10.6 Å². The standard InChI is InChI=1S/C7H10Cl2O2/c1-5(2)4-11-7(10)3-6(8)9/h3,5H,4H2,1-2H3. The van der Waals surface area contributed by atoms with Gasteiger partial charge in [-0.25, -0.2) is 4.79 Å². The molecular formula is C7H10Cl2O2. The summed E-state index contributed by atoms with van der Waals surface area (Å²) in [6, 6.07) is 0. The summed E-state index contributed by atoms with van der Waals surface area (Å²) in [6.45, 7) is 4.27. The quantitative estimate of drug-likeness (QED) is 0.513. The van der Waals surface area contributed by atoms with Gasteiger partial charge in [0.1, 0.15) is 4.49 Å². The first-order chi connectivity index (χ1) is 5.02. The zero-order chi connectivity index (χ0) is 8.85. The van der Waals surface area contributed by atoms with E-state index >= 15 is 0 Å². The zero-order valence-electron chi connectivity index (χ0n) is 6.43. The van der Waals surface area contributed by atoms with Gasteiger partial charge in [-0.1, -0.05) is 37.0 Å². The molecule has 0 saturated carbocycles. The summed E-state index contributed by atoms with van der Waals surface area (Å²) in [7, 11) is 0. The third kappa shape index (κ3) is 7.69. The van der Waals surface area contributed by atoms with E-state index in [4.69, 9.17) is 27.9 Å². The van der Waals surface area contributed by atoms with Crippen LogP contribution in [0.25, 0.3) is 0 Å². The second kappa shape index (κ2) is 5.44. The summed E-state index contributed by atoms with van der Waals surface area (Å²) in [5.74, 6) is -0.180. The van der Waals surface area contributed by atoms with Gasteiger partial charge in [-0.05, 0) is 5.92 Å². The van der Waals surface area contributed by atoms with Crippen molar-refractivity contribution in [3.63, 3.8) is 0 Å². The van der Waals surface area contributed by atoms with Crippen molar-refractivity contribution in [2.45, 2.75) is 13.8 Å². The van der Waals surface area contributed by atoms with Crippen LogP contribution in [-0.4, -0.2) is 12.6 Å². The fraction of sp³-hybridized carbons (Fsp3) is 0.571. The number of carbonyl (C=O) groups excluding carboxylic acids is 1. The summed E-state index contributed by atoms with van der Waals surface area (Å²) in [5, 5.41) is 0. The van der Waals surface area contributed by atoms with Crippen LogP contribution >= 0.6 is 23.2 Å². The summed E-state index contributed by atoms with van der Waals surface area (Å²) in [4.78, 5) is 10.7. The SMILES string of the molecule is CC(C)COC(=O)C=C(Cl)Cl. The molecule has 0 heterocycles. The molecule has 0 N–H and O–H groups in total. The topological polar surface area (TPSA) is 26.3 Å². The van der Waals surface area contributed by atoms with Crippen LogP contribution in [0.15, 0.2) is 10.6 Å². The highest BCUT2D eigenvalue weighted by Crippen LogP contribution is 2.06. The van der Waals surface area contributed by atoms with Crippen LogP contribution in [0.3, 0.4) is 0 Å². The van der Waals surface area contributed by atoms with Gasteiger partial charge in [0.15, 0.2) is 0 Å². The molecule has 0 aliphatic carbocycles. The highest BCUT2D eigenvalue weighted by molar-refractivity contribution is 6.56. The Bertz CT molecular complexity index is 160. The van der Waals surface area contributed by atoms with Gasteiger partial charge in [0.05, 0.1) is 12.7 Å². The molecular weight excluding hydrogens is 187 g/mol. The van der Waals surface area contributed by atoms with Gasteiger partial charge in [0, 0.05) is 0 Å². The third-order valence-electron chi connectivity index (χ3n) is 0.786. The molecule has 0 aliphatic rings. The van der Waals surface area contributed by atoms with Crippen molar-refractivity contribution in [2.24, 2.45) is 5.92 Å². The van der Waals surface area contributed by atoms with E-state index in [9.17, 15) is 4.79 Å². The Kier molecular flexibility index (Phi) is 5.34. The van der Waals surface area contributed by atoms with E-state index in [2.05, 4.69) is 0 Å². The molecule has 0 aromatic heterocycles. The maximum absolute atomic E-state index is 10.7. The molecule has 64 valence electrons. The Morgan fingerprint density at radius 1 is 1.55 bits per heavy atom. The lowest BCUT2D eigenvalue weighted by Gasteiger charge is -2.03. The molecule has 0 aliphatic heterocycles. The van der Waals surface area contributed by atoms with Crippen LogP contribution in [-0.2, 0) is 9.53 Å². The van der Waals surface area contributed by atoms with Gasteiger partial charge < -0.3 is 4.74 Å². The van der Waals surface area contributed by atoms with Crippen molar-refractivity contribution >= 4 is 29.2 Å². The predicted molar refractivity (Wildman–Crippen MR) is 45.6 cm³/mol. The van der Waals surface area contributed by atoms with E-state index in [1.807, 2.05) is 13.8 Å².